The van der Waals surface area contributed by atoms with Gasteiger partial charge in [0.1, 0.15) is 6.29 Å². The fourth-order valence-corrected chi connectivity index (χ4v) is 1.65. The van der Waals surface area contributed by atoms with Crippen molar-refractivity contribution in [3.05, 3.63) is 35.4 Å². The molecule has 0 radical (unpaired) electrons. The van der Waals surface area contributed by atoms with Gasteiger partial charge in [0.05, 0.1) is 0 Å². The van der Waals surface area contributed by atoms with Gasteiger partial charge >= 0.3 is 5.97 Å². The van der Waals surface area contributed by atoms with E-state index in [0.717, 1.165) is 36.7 Å². The molecule has 1 aromatic carbocycles. The summed E-state index contributed by atoms with van der Waals surface area (Å²) in [6.07, 6.45) is 4.46. The fraction of sp³-hybridized carbons (Fsp3) is 0.385. The van der Waals surface area contributed by atoms with E-state index in [1.165, 1.54) is 0 Å². The molecule has 0 unspecified atom stereocenters. The molecule has 86 valence electrons. The summed E-state index contributed by atoms with van der Waals surface area (Å²) in [6, 6.07) is 7.51. The van der Waals surface area contributed by atoms with Crippen LogP contribution in [-0.2, 0) is 11.2 Å². The van der Waals surface area contributed by atoms with E-state index in [4.69, 9.17) is 5.11 Å². The Bertz CT molecular complexity index is 358. The Hall–Kier alpha value is -1.64. The van der Waals surface area contributed by atoms with Crippen LogP contribution in [0.15, 0.2) is 24.3 Å². The van der Waals surface area contributed by atoms with Crippen LogP contribution >= 0.6 is 0 Å². The van der Waals surface area contributed by atoms with Gasteiger partial charge in [-0.15, -0.1) is 0 Å². The standard InChI is InChI=1S/C13H16O3/c14-10-12-8-5-4-7-11(12)6-2-1-3-9-13(15)16/h4-5,7-8,10H,1-3,6,9H2,(H,15,16). The molecule has 1 aromatic rings. The minimum atomic E-state index is -0.742. The number of aldehydes is 1. The molecule has 0 bridgehead atoms. The molecule has 0 aliphatic rings. The minimum Gasteiger partial charge on any atom is -0.481 e. The number of rotatable bonds is 7. The van der Waals surface area contributed by atoms with Gasteiger partial charge in [0, 0.05) is 12.0 Å². The molecule has 1 rings (SSSR count). The first kappa shape index (κ1) is 12.4. The van der Waals surface area contributed by atoms with Crippen molar-refractivity contribution in [2.75, 3.05) is 0 Å². The van der Waals surface area contributed by atoms with E-state index in [1.807, 2.05) is 18.2 Å². The average Bonchev–Trinajstić information content (AvgIpc) is 2.29. The van der Waals surface area contributed by atoms with Gasteiger partial charge in [0.25, 0.3) is 0 Å². The van der Waals surface area contributed by atoms with Crippen LogP contribution in [-0.4, -0.2) is 17.4 Å². The first-order chi connectivity index (χ1) is 7.74. The van der Waals surface area contributed by atoms with Gasteiger partial charge < -0.3 is 5.11 Å². The Labute approximate surface area is 95.1 Å². The molecule has 0 heterocycles. The highest BCUT2D eigenvalue weighted by Crippen LogP contribution is 2.11. The van der Waals surface area contributed by atoms with E-state index < -0.39 is 5.97 Å². The van der Waals surface area contributed by atoms with Crippen LogP contribution < -0.4 is 0 Å². The second kappa shape index (κ2) is 6.77. The van der Waals surface area contributed by atoms with Crippen LogP contribution in [0.3, 0.4) is 0 Å². The molecule has 0 aliphatic heterocycles. The third-order valence-corrected chi connectivity index (χ3v) is 2.52. The highest BCUT2D eigenvalue weighted by atomic mass is 16.4. The van der Waals surface area contributed by atoms with E-state index in [2.05, 4.69) is 0 Å². The van der Waals surface area contributed by atoms with E-state index in [-0.39, 0.29) is 6.42 Å². The van der Waals surface area contributed by atoms with Crippen LogP contribution in [0.2, 0.25) is 0 Å². The van der Waals surface area contributed by atoms with Gasteiger partial charge in [-0.1, -0.05) is 30.7 Å². The zero-order valence-electron chi connectivity index (χ0n) is 9.19. The molecule has 1 N–H and O–H groups in total. The van der Waals surface area contributed by atoms with Crippen LogP contribution in [0.5, 0.6) is 0 Å². The number of aliphatic carboxylic acids is 1. The third kappa shape index (κ3) is 4.26. The number of carbonyl (C=O) groups excluding carboxylic acids is 1. The Morgan fingerprint density at radius 3 is 2.62 bits per heavy atom. The maximum absolute atomic E-state index is 10.7. The molecule has 0 atom stereocenters. The summed E-state index contributed by atoms with van der Waals surface area (Å²) in [4.78, 5) is 21.0. The number of benzene rings is 1. The Morgan fingerprint density at radius 2 is 1.94 bits per heavy atom. The first-order valence-electron chi connectivity index (χ1n) is 5.49. The zero-order chi connectivity index (χ0) is 11.8. The predicted molar refractivity (Wildman–Crippen MR) is 61.6 cm³/mol. The van der Waals surface area contributed by atoms with Gasteiger partial charge in [-0.25, -0.2) is 0 Å². The lowest BCUT2D eigenvalue weighted by atomic mass is 10.0. The van der Waals surface area contributed by atoms with E-state index >= 15 is 0 Å². The summed E-state index contributed by atoms with van der Waals surface area (Å²) in [6.45, 7) is 0. The molecule has 3 heteroatoms. The Morgan fingerprint density at radius 1 is 1.19 bits per heavy atom. The molecule has 0 fully saturated rings. The molecule has 0 aliphatic carbocycles. The number of carboxylic acid groups (broad SMARTS) is 1. The second-order valence-electron chi connectivity index (χ2n) is 3.77. The summed E-state index contributed by atoms with van der Waals surface area (Å²) in [5.41, 5.74) is 1.79. The number of hydrogen-bond acceptors (Lipinski definition) is 2. The van der Waals surface area contributed by atoms with Crippen LogP contribution in [0, 0.1) is 0 Å². The van der Waals surface area contributed by atoms with Gasteiger partial charge in [0.15, 0.2) is 0 Å². The van der Waals surface area contributed by atoms with Crippen LogP contribution in [0.1, 0.15) is 41.6 Å². The molecule has 0 aromatic heterocycles. The molecule has 0 spiro atoms. The molecule has 0 saturated heterocycles. The second-order valence-corrected chi connectivity index (χ2v) is 3.77. The quantitative estimate of drug-likeness (QED) is 0.567. The van der Waals surface area contributed by atoms with Gasteiger partial charge in [0.2, 0.25) is 0 Å². The summed E-state index contributed by atoms with van der Waals surface area (Å²) in [5, 5.41) is 8.47. The number of hydrogen-bond donors (Lipinski definition) is 1. The fourth-order valence-electron chi connectivity index (χ4n) is 1.65. The maximum Gasteiger partial charge on any atom is 0.303 e. The smallest absolute Gasteiger partial charge is 0.303 e. The van der Waals surface area contributed by atoms with E-state index in [9.17, 15) is 9.59 Å². The first-order valence-corrected chi connectivity index (χ1v) is 5.49. The van der Waals surface area contributed by atoms with Crippen molar-refractivity contribution in [3.63, 3.8) is 0 Å². The van der Waals surface area contributed by atoms with Crippen molar-refractivity contribution in [3.8, 4) is 0 Å². The monoisotopic (exact) mass is 220 g/mol. The molecular weight excluding hydrogens is 204 g/mol. The number of carbonyl (C=O) groups is 2. The van der Waals surface area contributed by atoms with Crippen molar-refractivity contribution in [2.45, 2.75) is 32.1 Å². The van der Waals surface area contributed by atoms with Crippen LogP contribution in [0.25, 0.3) is 0 Å². The topological polar surface area (TPSA) is 54.4 Å². The molecule has 0 amide bonds. The van der Waals surface area contributed by atoms with E-state index in [0.29, 0.717) is 6.42 Å². The largest absolute Gasteiger partial charge is 0.481 e. The predicted octanol–water partition coefficient (Wildman–Crippen LogP) is 2.69. The normalized spacial score (nSPS) is 10.0. The lowest BCUT2D eigenvalue weighted by molar-refractivity contribution is -0.137. The van der Waals surface area contributed by atoms with Crippen LogP contribution in [0.4, 0.5) is 0 Å². The van der Waals surface area contributed by atoms with Gasteiger partial charge in [-0.2, -0.15) is 0 Å². The van der Waals surface area contributed by atoms with Gasteiger partial charge in [-0.3, -0.25) is 9.59 Å². The zero-order valence-corrected chi connectivity index (χ0v) is 9.19. The van der Waals surface area contributed by atoms with Crippen molar-refractivity contribution in [2.24, 2.45) is 0 Å². The SMILES string of the molecule is O=Cc1ccccc1CCCCCC(=O)O. The van der Waals surface area contributed by atoms with Crippen molar-refractivity contribution < 1.29 is 14.7 Å². The number of carboxylic acids is 1. The summed E-state index contributed by atoms with van der Waals surface area (Å²) in [7, 11) is 0. The lowest BCUT2D eigenvalue weighted by Gasteiger charge is -2.03. The Balaban J connectivity index is 2.31. The lowest BCUT2D eigenvalue weighted by Crippen LogP contribution is -1.95. The number of unbranched alkanes of at least 4 members (excludes halogenated alkanes) is 2. The highest BCUT2D eigenvalue weighted by Gasteiger charge is 2.01. The number of aryl methyl sites for hydroxylation is 1. The molecular formula is C13H16O3. The highest BCUT2D eigenvalue weighted by molar-refractivity contribution is 5.77. The summed E-state index contributed by atoms with van der Waals surface area (Å²) in [5.74, 6) is -0.742. The van der Waals surface area contributed by atoms with Crippen molar-refractivity contribution in [1.82, 2.24) is 0 Å². The summed E-state index contributed by atoms with van der Waals surface area (Å²) >= 11 is 0. The molecule has 16 heavy (non-hydrogen) atoms. The average molecular weight is 220 g/mol. The third-order valence-electron chi connectivity index (χ3n) is 2.52. The van der Waals surface area contributed by atoms with E-state index in [1.54, 1.807) is 6.07 Å². The minimum absolute atomic E-state index is 0.231. The molecule has 3 nitrogen and oxygen atoms in total. The van der Waals surface area contributed by atoms with Crippen molar-refractivity contribution in [1.29, 1.82) is 0 Å². The summed E-state index contributed by atoms with van der Waals surface area (Å²) < 4.78 is 0. The molecule has 0 saturated carbocycles. The van der Waals surface area contributed by atoms with Gasteiger partial charge in [-0.05, 0) is 24.8 Å². The van der Waals surface area contributed by atoms with Crippen molar-refractivity contribution >= 4 is 12.3 Å². The Kier molecular flexibility index (Phi) is 5.26. The maximum atomic E-state index is 10.7.